The second-order valence-corrected chi connectivity index (χ2v) is 5.17. The number of carbonyl (C=O) groups is 1. The average Bonchev–Trinajstić information content (AvgIpc) is 2.49. The van der Waals surface area contributed by atoms with Gasteiger partial charge in [0.2, 0.25) is 5.91 Å². The highest BCUT2D eigenvalue weighted by molar-refractivity contribution is 5.87. The van der Waals surface area contributed by atoms with Gasteiger partial charge < -0.3 is 11.1 Å². The minimum Gasteiger partial charge on any atom is -0.348 e. The second-order valence-electron chi connectivity index (χ2n) is 5.17. The highest BCUT2D eigenvalue weighted by Crippen LogP contribution is 2.20. The summed E-state index contributed by atoms with van der Waals surface area (Å²) in [6.45, 7) is 3.68. The fraction of sp³-hybridized carbons (Fsp3) is 0.235. The van der Waals surface area contributed by atoms with E-state index in [4.69, 9.17) is 5.73 Å². The summed E-state index contributed by atoms with van der Waals surface area (Å²) in [5, 5.41) is 2.97. The Labute approximate surface area is 119 Å². The van der Waals surface area contributed by atoms with Crippen molar-refractivity contribution in [1.82, 2.24) is 5.32 Å². The quantitative estimate of drug-likeness (QED) is 0.895. The van der Waals surface area contributed by atoms with E-state index < -0.39 is 5.54 Å². The third-order valence-corrected chi connectivity index (χ3v) is 3.49. The van der Waals surface area contributed by atoms with Crippen LogP contribution in [-0.4, -0.2) is 5.91 Å². The average molecular weight is 268 g/mol. The highest BCUT2D eigenvalue weighted by atomic mass is 16.2. The van der Waals surface area contributed by atoms with Gasteiger partial charge in [-0.1, -0.05) is 60.7 Å². The summed E-state index contributed by atoms with van der Waals surface area (Å²) >= 11 is 0. The first kappa shape index (κ1) is 14.3. The van der Waals surface area contributed by atoms with Gasteiger partial charge in [0.25, 0.3) is 0 Å². The molecule has 104 valence electrons. The first-order valence-electron chi connectivity index (χ1n) is 6.72. The molecule has 0 aliphatic heterocycles. The lowest BCUT2D eigenvalue weighted by atomic mass is 9.91. The van der Waals surface area contributed by atoms with E-state index in [1.165, 1.54) is 0 Å². The molecule has 3 nitrogen and oxygen atoms in total. The standard InChI is InChI=1S/C17H20N2O/c1-13(14-9-5-3-6-10-14)19-16(20)17(2,18)15-11-7-4-8-12-15/h3-13H,18H2,1-2H3,(H,19,20)/t13-,17?/m1/s1. The van der Waals surface area contributed by atoms with Gasteiger partial charge >= 0.3 is 0 Å². The number of nitrogens with one attached hydrogen (secondary N) is 1. The SMILES string of the molecule is C[C@@H](NC(=O)C(C)(N)c1ccccc1)c1ccccc1. The molecule has 0 aliphatic carbocycles. The Kier molecular flexibility index (Phi) is 4.20. The van der Waals surface area contributed by atoms with Crippen LogP contribution in [0.1, 0.15) is 31.0 Å². The van der Waals surface area contributed by atoms with E-state index in [0.29, 0.717) is 0 Å². The van der Waals surface area contributed by atoms with E-state index in [2.05, 4.69) is 5.32 Å². The first-order chi connectivity index (χ1) is 9.51. The van der Waals surface area contributed by atoms with Crippen molar-refractivity contribution in [2.24, 2.45) is 5.73 Å². The molecule has 2 aromatic carbocycles. The van der Waals surface area contributed by atoms with Crippen LogP contribution in [0.2, 0.25) is 0 Å². The maximum atomic E-state index is 12.4. The minimum absolute atomic E-state index is 0.0738. The molecule has 0 aliphatic rings. The molecule has 1 unspecified atom stereocenters. The number of nitrogens with two attached hydrogens (primary N) is 1. The van der Waals surface area contributed by atoms with Crippen molar-refractivity contribution in [3.63, 3.8) is 0 Å². The fourth-order valence-corrected chi connectivity index (χ4v) is 2.09. The van der Waals surface area contributed by atoms with E-state index >= 15 is 0 Å². The predicted octanol–water partition coefficient (Wildman–Crippen LogP) is 2.74. The number of amides is 1. The number of rotatable bonds is 4. The van der Waals surface area contributed by atoms with Gasteiger partial charge in [0.1, 0.15) is 5.54 Å². The molecule has 0 heterocycles. The van der Waals surface area contributed by atoms with Crippen LogP contribution < -0.4 is 11.1 Å². The number of hydrogen-bond acceptors (Lipinski definition) is 2. The van der Waals surface area contributed by atoms with Crippen LogP contribution in [0.3, 0.4) is 0 Å². The maximum Gasteiger partial charge on any atom is 0.244 e. The van der Waals surface area contributed by atoms with Crippen LogP contribution in [0, 0.1) is 0 Å². The molecule has 0 saturated carbocycles. The van der Waals surface area contributed by atoms with Gasteiger partial charge in [-0.2, -0.15) is 0 Å². The van der Waals surface area contributed by atoms with Gasteiger partial charge in [0.05, 0.1) is 6.04 Å². The zero-order valence-electron chi connectivity index (χ0n) is 11.8. The Morgan fingerprint density at radius 2 is 1.55 bits per heavy atom. The summed E-state index contributed by atoms with van der Waals surface area (Å²) < 4.78 is 0. The van der Waals surface area contributed by atoms with E-state index in [1.807, 2.05) is 67.6 Å². The first-order valence-corrected chi connectivity index (χ1v) is 6.72. The Morgan fingerprint density at radius 1 is 1.05 bits per heavy atom. The highest BCUT2D eigenvalue weighted by Gasteiger charge is 2.31. The second kappa shape index (κ2) is 5.88. The molecule has 2 aromatic rings. The zero-order valence-corrected chi connectivity index (χ0v) is 11.8. The number of benzene rings is 2. The number of hydrogen-bond donors (Lipinski definition) is 2. The van der Waals surface area contributed by atoms with Gasteiger partial charge in [-0.25, -0.2) is 0 Å². The molecule has 3 heteroatoms. The van der Waals surface area contributed by atoms with Crippen molar-refractivity contribution in [1.29, 1.82) is 0 Å². The molecule has 2 atom stereocenters. The summed E-state index contributed by atoms with van der Waals surface area (Å²) in [5.41, 5.74) is 7.02. The summed E-state index contributed by atoms with van der Waals surface area (Å²) in [4.78, 5) is 12.4. The molecule has 0 spiro atoms. The fourth-order valence-electron chi connectivity index (χ4n) is 2.09. The smallest absolute Gasteiger partial charge is 0.244 e. The topological polar surface area (TPSA) is 55.1 Å². The van der Waals surface area contributed by atoms with Crippen LogP contribution in [0.5, 0.6) is 0 Å². The lowest BCUT2D eigenvalue weighted by Crippen LogP contribution is -2.49. The summed E-state index contributed by atoms with van der Waals surface area (Å²) in [7, 11) is 0. The molecule has 0 bridgehead atoms. The monoisotopic (exact) mass is 268 g/mol. The van der Waals surface area contributed by atoms with Crippen LogP contribution in [0.4, 0.5) is 0 Å². The third kappa shape index (κ3) is 3.06. The molecule has 2 rings (SSSR count). The van der Waals surface area contributed by atoms with Gasteiger partial charge in [-0.05, 0) is 25.0 Å². The van der Waals surface area contributed by atoms with Crippen LogP contribution in [-0.2, 0) is 10.3 Å². The van der Waals surface area contributed by atoms with Crippen molar-refractivity contribution in [2.75, 3.05) is 0 Å². The Balaban J connectivity index is 2.12. The molecular weight excluding hydrogens is 248 g/mol. The largest absolute Gasteiger partial charge is 0.348 e. The summed E-state index contributed by atoms with van der Waals surface area (Å²) in [6, 6.07) is 19.2. The van der Waals surface area contributed by atoms with Gasteiger partial charge in [-0.3, -0.25) is 4.79 Å². The molecule has 0 aromatic heterocycles. The number of carbonyl (C=O) groups excluding carboxylic acids is 1. The summed E-state index contributed by atoms with van der Waals surface area (Å²) in [6.07, 6.45) is 0. The molecule has 20 heavy (non-hydrogen) atoms. The van der Waals surface area contributed by atoms with Gasteiger partial charge in [-0.15, -0.1) is 0 Å². The zero-order chi connectivity index (χ0) is 14.6. The molecule has 0 saturated heterocycles. The molecule has 0 fully saturated rings. The Hall–Kier alpha value is -2.13. The van der Waals surface area contributed by atoms with Crippen molar-refractivity contribution in [2.45, 2.75) is 25.4 Å². The lowest BCUT2D eigenvalue weighted by molar-refractivity contribution is -0.126. The normalized spacial score (nSPS) is 15.2. The van der Waals surface area contributed by atoms with E-state index in [9.17, 15) is 4.79 Å². The third-order valence-electron chi connectivity index (χ3n) is 3.49. The Bertz CT molecular complexity index is 564. The van der Waals surface area contributed by atoms with E-state index in [-0.39, 0.29) is 11.9 Å². The van der Waals surface area contributed by atoms with E-state index in [0.717, 1.165) is 11.1 Å². The summed E-state index contributed by atoms with van der Waals surface area (Å²) in [5.74, 6) is -0.181. The molecule has 1 amide bonds. The molecule has 0 radical (unpaired) electrons. The van der Waals surface area contributed by atoms with Crippen molar-refractivity contribution in [3.05, 3.63) is 71.8 Å². The minimum atomic E-state index is -1.04. The molecular formula is C17H20N2O. The van der Waals surface area contributed by atoms with Crippen LogP contribution in [0.15, 0.2) is 60.7 Å². The van der Waals surface area contributed by atoms with Gasteiger partial charge in [0, 0.05) is 0 Å². The maximum absolute atomic E-state index is 12.4. The van der Waals surface area contributed by atoms with Crippen molar-refractivity contribution < 1.29 is 4.79 Å². The van der Waals surface area contributed by atoms with Crippen LogP contribution >= 0.6 is 0 Å². The van der Waals surface area contributed by atoms with Crippen LogP contribution in [0.25, 0.3) is 0 Å². The van der Waals surface area contributed by atoms with Gasteiger partial charge in [0.15, 0.2) is 0 Å². The van der Waals surface area contributed by atoms with Crippen molar-refractivity contribution >= 4 is 5.91 Å². The van der Waals surface area contributed by atoms with Crippen molar-refractivity contribution in [3.8, 4) is 0 Å². The van der Waals surface area contributed by atoms with E-state index in [1.54, 1.807) is 6.92 Å². The lowest BCUT2D eigenvalue weighted by Gasteiger charge is -2.26. The Morgan fingerprint density at radius 3 is 2.10 bits per heavy atom. The predicted molar refractivity (Wildman–Crippen MR) is 81.0 cm³/mol. The molecule has 3 N–H and O–H groups in total.